The topological polar surface area (TPSA) is 0 Å². The van der Waals surface area contributed by atoms with E-state index in [-0.39, 0.29) is 0 Å². The Labute approximate surface area is 84.4 Å². The molecule has 0 bridgehead atoms. The minimum atomic E-state index is 0.779. The zero-order chi connectivity index (χ0) is 10.3. The summed E-state index contributed by atoms with van der Waals surface area (Å²) >= 11 is 0. The Morgan fingerprint density at radius 2 is 1.77 bits per heavy atom. The molecule has 0 N–H and O–H groups in total. The molecule has 0 aliphatic rings. The number of rotatable bonds is 6. The minimum Gasteiger partial charge on any atom is -0.0851 e. The fourth-order valence-corrected chi connectivity index (χ4v) is 1.70. The highest BCUT2D eigenvalue weighted by atomic mass is 14.2. The van der Waals surface area contributed by atoms with Gasteiger partial charge in [-0.2, -0.15) is 0 Å². The molecule has 0 heteroatoms. The molecule has 13 heavy (non-hydrogen) atoms. The molecule has 0 fully saturated rings. The molecule has 2 atom stereocenters. The molecule has 0 aromatic heterocycles. The Balaban J connectivity index is 4.21. The van der Waals surface area contributed by atoms with Crippen molar-refractivity contribution in [3.63, 3.8) is 0 Å². The van der Waals surface area contributed by atoms with Gasteiger partial charge in [-0.15, -0.1) is 0 Å². The summed E-state index contributed by atoms with van der Waals surface area (Å²) in [6.45, 7) is 11.5. The second kappa shape index (κ2) is 7.17. The summed E-state index contributed by atoms with van der Waals surface area (Å²) in [7, 11) is 0. The van der Waals surface area contributed by atoms with E-state index in [1.807, 2.05) is 0 Å². The first-order chi connectivity index (χ1) is 6.17. The van der Waals surface area contributed by atoms with Crippen LogP contribution < -0.4 is 0 Å². The second-order valence-corrected chi connectivity index (χ2v) is 4.10. The minimum absolute atomic E-state index is 0.779. The highest BCUT2D eigenvalue weighted by molar-refractivity contribution is 5.06. The van der Waals surface area contributed by atoms with Gasteiger partial charge in [0.05, 0.1) is 0 Å². The molecule has 0 radical (unpaired) electrons. The van der Waals surface area contributed by atoms with Crippen LogP contribution in [-0.4, -0.2) is 0 Å². The van der Waals surface area contributed by atoms with Crippen LogP contribution in [0.5, 0.6) is 0 Å². The van der Waals surface area contributed by atoms with E-state index < -0.39 is 0 Å². The zero-order valence-electron chi connectivity index (χ0n) is 10.1. The molecule has 0 nitrogen and oxygen atoms in total. The normalized spacial score (nSPS) is 17.2. The van der Waals surface area contributed by atoms with E-state index in [1.54, 1.807) is 5.57 Å². The van der Waals surface area contributed by atoms with Crippen LogP contribution >= 0.6 is 0 Å². The fourth-order valence-electron chi connectivity index (χ4n) is 1.70. The van der Waals surface area contributed by atoms with Crippen molar-refractivity contribution in [1.82, 2.24) is 0 Å². The maximum Gasteiger partial charge on any atom is -0.0206 e. The van der Waals surface area contributed by atoms with Gasteiger partial charge in [0.15, 0.2) is 0 Å². The lowest BCUT2D eigenvalue weighted by molar-refractivity contribution is 0.419. The molecule has 0 aromatic carbocycles. The molecule has 0 aliphatic heterocycles. The van der Waals surface area contributed by atoms with E-state index >= 15 is 0 Å². The summed E-state index contributed by atoms with van der Waals surface area (Å²) in [5.41, 5.74) is 1.66. The van der Waals surface area contributed by atoms with Crippen molar-refractivity contribution in [3.8, 4) is 0 Å². The third kappa shape index (κ3) is 4.50. The monoisotopic (exact) mass is 182 g/mol. The van der Waals surface area contributed by atoms with Crippen molar-refractivity contribution in [2.24, 2.45) is 11.8 Å². The summed E-state index contributed by atoms with van der Waals surface area (Å²) in [5, 5.41) is 0. The van der Waals surface area contributed by atoms with E-state index in [0.29, 0.717) is 0 Å². The van der Waals surface area contributed by atoms with Crippen LogP contribution in [0, 0.1) is 11.8 Å². The van der Waals surface area contributed by atoms with Gasteiger partial charge in [0.2, 0.25) is 0 Å². The number of hydrogen-bond acceptors (Lipinski definition) is 0. The highest BCUT2D eigenvalue weighted by Crippen LogP contribution is 2.25. The molecule has 0 amide bonds. The summed E-state index contributed by atoms with van der Waals surface area (Å²) in [6.07, 6.45) is 7.51. The van der Waals surface area contributed by atoms with Crippen molar-refractivity contribution in [3.05, 3.63) is 11.6 Å². The van der Waals surface area contributed by atoms with Crippen LogP contribution in [0.2, 0.25) is 0 Å². The van der Waals surface area contributed by atoms with E-state index in [0.717, 1.165) is 11.8 Å². The summed E-state index contributed by atoms with van der Waals surface area (Å²) in [6, 6.07) is 0. The second-order valence-electron chi connectivity index (χ2n) is 4.10. The third-order valence-electron chi connectivity index (χ3n) is 3.19. The van der Waals surface area contributed by atoms with Gasteiger partial charge in [0.25, 0.3) is 0 Å². The van der Waals surface area contributed by atoms with Gasteiger partial charge in [-0.05, 0) is 24.7 Å². The maximum absolute atomic E-state index is 2.46. The van der Waals surface area contributed by atoms with Gasteiger partial charge < -0.3 is 0 Å². The first-order valence-corrected chi connectivity index (χ1v) is 5.86. The van der Waals surface area contributed by atoms with Gasteiger partial charge in [0.1, 0.15) is 0 Å². The van der Waals surface area contributed by atoms with Crippen molar-refractivity contribution in [2.45, 2.75) is 60.3 Å². The predicted molar refractivity (Wildman–Crippen MR) is 61.9 cm³/mol. The van der Waals surface area contributed by atoms with Gasteiger partial charge in [0, 0.05) is 0 Å². The molecular weight excluding hydrogens is 156 g/mol. The Bertz CT molecular complexity index is 144. The number of hydrogen-bond donors (Lipinski definition) is 0. The van der Waals surface area contributed by atoms with Gasteiger partial charge in [-0.3, -0.25) is 0 Å². The maximum atomic E-state index is 2.46. The van der Waals surface area contributed by atoms with Crippen LogP contribution in [0.3, 0.4) is 0 Å². The Morgan fingerprint density at radius 3 is 2.15 bits per heavy atom. The standard InChI is InChI=1S/C13H26/c1-6-9-10-13(8-3)12(5)11(4)7-2/h10-12H,6-9H2,1-5H3. The Morgan fingerprint density at radius 1 is 1.15 bits per heavy atom. The highest BCUT2D eigenvalue weighted by Gasteiger charge is 2.12. The molecule has 0 rings (SSSR count). The Kier molecular flexibility index (Phi) is 7.03. The Hall–Kier alpha value is -0.260. The average Bonchev–Trinajstić information content (AvgIpc) is 2.17. The largest absolute Gasteiger partial charge is 0.0851 e. The molecule has 0 aromatic rings. The van der Waals surface area contributed by atoms with Crippen LogP contribution in [0.15, 0.2) is 11.6 Å². The zero-order valence-corrected chi connectivity index (χ0v) is 10.1. The van der Waals surface area contributed by atoms with E-state index in [2.05, 4.69) is 40.7 Å². The van der Waals surface area contributed by atoms with E-state index in [4.69, 9.17) is 0 Å². The summed E-state index contributed by atoms with van der Waals surface area (Å²) < 4.78 is 0. The SMILES string of the molecule is CCCC=C(CC)C(C)C(C)CC. The first kappa shape index (κ1) is 12.7. The average molecular weight is 182 g/mol. The van der Waals surface area contributed by atoms with E-state index in [1.165, 1.54) is 25.7 Å². The fraction of sp³-hybridized carbons (Fsp3) is 0.846. The van der Waals surface area contributed by atoms with Crippen LogP contribution in [0.25, 0.3) is 0 Å². The number of unbranched alkanes of at least 4 members (excludes halogenated alkanes) is 1. The molecule has 0 spiro atoms. The predicted octanol–water partition coefficient (Wildman–Crippen LogP) is 4.81. The summed E-state index contributed by atoms with van der Waals surface area (Å²) in [5.74, 6) is 1.62. The lowest BCUT2D eigenvalue weighted by Crippen LogP contribution is -2.09. The lowest BCUT2D eigenvalue weighted by Gasteiger charge is -2.21. The van der Waals surface area contributed by atoms with E-state index in [9.17, 15) is 0 Å². The molecule has 2 unspecified atom stereocenters. The summed E-state index contributed by atoms with van der Waals surface area (Å²) in [4.78, 5) is 0. The quantitative estimate of drug-likeness (QED) is 0.517. The molecule has 0 aliphatic carbocycles. The van der Waals surface area contributed by atoms with Crippen molar-refractivity contribution in [1.29, 1.82) is 0 Å². The lowest BCUT2D eigenvalue weighted by atomic mass is 9.85. The molecule has 0 heterocycles. The molecular formula is C13H26. The number of allylic oxidation sites excluding steroid dienone is 2. The molecule has 0 saturated heterocycles. The van der Waals surface area contributed by atoms with Crippen molar-refractivity contribution < 1.29 is 0 Å². The molecule has 78 valence electrons. The van der Waals surface area contributed by atoms with Gasteiger partial charge in [-0.1, -0.05) is 59.1 Å². The van der Waals surface area contributed by atoms with Crippen LogP contribution in [-0.2, 0) is 0 Å². The van der Waals surface area contributed by atoms with Crippen LogP contribution in [0.4, 0.5) is 0 Å². The van der Waals surface area contributed by atoms with Gasteiger partial charge >= 0.3 is 0 Å². The smallest absolute Gasteiger partial charge is 0.0206 e. The van der Waals surface area contributed by atoms with Gasteiger partial charge in [-0.25, -0.2) is 0 Å². The third-order valence-corrected chi connectivity index (χ3v) is 3.19. The van der Waals surface area contributed by atoms with Crippen molar-refractivity contribution >= 4 is 0 Å². The van der Waals surface area contributed by atoms with Crippen LogP contribution in [0.1, 0.15) is 60.3 Å². The van der Waals surface area contributed by atoms with Crippen molar-refractivity contribution in [2.75, 3.05) is 0 Å². The molecule has 0 saturated carbocycles. The first-order valence-electron chi connectivity index (χ1n) is 5.86.